The van der Waals surface area contributed by atoms with E-state index in [0.29, 0.717) is 18.1 Å². The third-order valence-corrected chi connectivity index (χ3v) is 3.81. The van der Waals surface area contributed by atoms with Crippen molar-refractivity contribution in [2.45, 2.75) is 46.1 Å². The first-order valence-corrected chi connectivity index (χ1v) is 7.86. The first-order chi connectivity index (χ1) is 10.2. The summed E-state index contributed by atoms with van der Waals surface area (Å²) in [7, 11) is 0. The summed E-state index contributed by atoms with van der Waals surface area (Å²) < 4.78 is 5.30. The van der Waals surface area contributed by atoms with Gasteiger partial charge in [-0.15, -0.1) is 0 Å². The lowest BCUT2D eigenvalue weighted by Gasteiger charge is -2.18. The number of carbonyl (C=O) groups excluding carboxylic acids is 1. The number of nitrogens with one attached hydrogen (secondary N) is 2. The predicted molar refractivity (Wildman–Crippen MR) is 83.4 cm³/mol. The third kappa shape index (κ3) is 4.70. The maximum absolute atomic E-state index is 11.3. The number of anilines is 1. The number of fused-ring (bicyclic) bond motifs is 1. The van der Waals surface area contributed by atoms with Crippen molar-refractivity contribution in [1.29, 1.82) is 0 Å². The van der Waals surface area contributed by atoms with Gasteiger partial charge >= 0.3 is 0 Å². The van der Waals surface area contributed by atoms with Crippen LogP contribution in [0.5, 0.6) is 5.75 Å². The maximum Gasteiger partial charge on any atom is 0.263 e. The normalized spacial score (nSPS) is 15.0. The van der Waals surface area contributed by atoms with Gasteiger partial charge < -0.3 is 15.4 Å². The molecule has 1 aromatic rings. The minimum absolute atomic E-state index is 0.0713. The fourth-order valence-electron chi connectivity index (χ4n) is 2.45. The second-order valence-electron chi connectivity index (χ2n) is 5.53. The summed E-state index contributed by atoms with van der Waals surface area (Å²) in [5.41, 5.74) is 0.921. The van der Waals surface area contributed by atoms with Crippen LogP contribution in [0, 0.1) is 5.92 Å². The Balaban J connectivity index is 1.83. The zero-order valence-corrected chi connectivity index (χ0v) is 12.9. The molecule has 0 bridgehead atoms. The second kappa shape index (κ2) is 7.98. The monoisotopic (exact) mass is 291 g/mol. The molecule has 5 heteroatoms. The number of pyridine rings is 1. The van der Waals surface area contributed by atoms with Gasteiger partial charge in [-0.2, -0.15) is 0 Å². The predicted octanol–water partition coefficient (Wildman–Crippen LogP) is 2.72. The molecule has 0 aliphatic carbocycles. The van der Waals surface area contributed by atoms with Gasteiger partial charge in [0.2, 0.25) is 0 Å². The van der Waals surface area contributed by atoms with Crippen LogP contribution in [0.2, 0.25) is 0 Å². The van der Waals surface area contributed by atoms with Crippen LogP contribution in [-0.4, -0.2) is 24.0 Å². The molecule has 1 aliphatic rings. The minimum Gasteiger partial charge on any atom is -0.480 e. The zero-order chi connectivity index (χ0) is 15.1. The van der Waals surface area contributed by atoms with Crippen molar-refractivity contribution in [3.63, 3.8) is 0 Å². The Labute approximate surface area is 126 Å². The number of amides is 1. The van der Waals surface area contributed by atoms with Gasteiger partial charge in [0, 0.05) is 6.54 Å². The molecular formula is C16H25N3O2. The van der Waals surface area contributed by atoms with E-state index in [9.17, 15) is 4.79 Å². The molecule has 21 heavy (non-hydrogen) atoms. The van der Waals surface area contributed by atoms with Crippen molar-refractivity contribution in [1.82, 2.24) is 10.3 Å². The molecule has 5 nitrogen and oxygen atoms in total. The summed E-state index contributed by atoms with van der Waals surface area (Å²) in [6.07, 6.45) is 5.03. The van der Waals surface area contributed by atoms with E-state index in [1.165, 1.54) is 25.7 Å². The van der Waals surface area contributed by atoms with E-state index in [4.69, 9.17) is 4.74 Å². The SMILES string of the molecule is CCCCC(CC)CNCc1ccc2c(n1)NC(=O)CO2. The van der Waals surface area contributed by atoms with E-state index in [2.05, 4.69) is 29.5 Å². The quantitative estimate of drug-likeness (QED) is 0.773. The lowest BCUT2D eigenvalue weighted by Crippen LogP contribution is -2.27. The lowest BCUT2D eigenvalue weighted by atomic mass is 9.99. The van der Waals surface area contributed by atoms with Crippen molar-refractivity contribution < 1.29 is 9.53 Å². The number of hydrogen-bond acceptors (Lipinski definition) is 4. The summed E-state index contributed by atoms with van der Waals surface area (Å²) in [4.78, 5) is 15.7. The molecule has 0 spiro atoms. The molecule has 0 saturated heterocycles. The van der Waals surface area contributed by atoms with Crippen LogP contribution in [0.4, 0.5) is 5.82 Å². The van der Waals surface area contributed by atoms with E-state index < -0.39 is 0 Å². The van der Waals surface area contributed by atoms with Crippen LogP contribution in [-0.2, 0) is 11.3 Å². The van der Waals surface area contributed by atoms with Crippen LogP contribution in [0.3, 0.4) is 0 Å². The standard InChI is InChI=1S/C16H25N3O2/c1-3-5-6-12(4-2)9-17-10-13-7-8-14-16(18-13)19-15(20)11-21-14/h7-8,12,17H,3-6,9-11H2,1-2H3,(H,18,19,20). The summed E-state index contributed by atoms with van der Waals surface area (Å²) in [6, 6.07) is 3.81. The highest BCUT2D eigenvalue weighted by Gasteiger charge is 2.17. The van der Waals surface area contributed by atoms with Crippen LogP contribution in [0.25, 0.3) is 0 Å². The van der Waals surface area contributed by atoms with Gasteiger partial charge in [-0.25, -0.2) is 4.98 Å². The summed E-state index contributed by atoms with van der Waals surface area (Å²) in [5, 5.41) is 6.20. The topological polar surface area (TPSA) is 63.2 Å². The van der Waals surface area contributed by atoms with E-state index in [1.54, 1.807) is 0 Å². The fourth-order valence-corrected chi connectivity index (χ4v) is 2.45. The average molecular weight is 291 g/mol. The molecule has 0 aromatic carbocycles. The highest BCUT2D eigenvalue weighted by molar-refractivity contribution is 5.94. The Hall–Kier alpha value is -1.62. The van der Waals surface area contributed by atoms with Crippen LogP contribution in [0.15, 0.2) is 12.1 Å². The molecule has 0 radical (unpaired) electrons. The van der Waals surface area contributed by atoms with Gasteiger partial charge in [0.25, 0.3) is 5.91 Å². The third-order valence-electron chi connectivity index (χ3n) is 3.81. The van der Waals surface area contributed by atoms with Gasteiger partial charge in [-0.05, 0) is 31.0 Å². The number of hydrogen-bond donors (Lipinski definition) is 2. The Morgan fingerprint density at radius 3 is 3.05 bits per heavy atom. The molecule has 1 aromatic heterocycles. The van der Waals surface area contributed by atoms with Crippen molar-refractivity contribution in [2.75, 3.05) is 18.5 Å². The summed E-state index contributed by atoms with van der Waals surface area (Å²) >= 11 is 0. The molecule has 116 valence electrons. The van der Waals surface area contributed by atoms with Gasteiger partial charge in [0.1, 0.15) is 0 Å². The molecule has 0 fully saturated rings. The molecule has 1 atom stereocenters. The first-order valence-electron chi connectivity index (χ1n) is 7.86. The van der Waals surface area contributed by atoms with Crippen molar-refractivity contribution in [2.24, 2.45) is 5.92 Å². The molecule has 2 heterocycles. The van der Waals surface area contributed by atoms with Crippen molar-refractivity contribution in [3.05, 3.63) is 17.8 Å². The summed E-state index contributed by atoms with van der Waals surface area (Å²) in [5.74, 6) is 1.76. The number of carbonyl (C=O) groups is 1. The number of unbranched alkanes of at least 4 members (excludes halogenated alkanes) is 1. The molecule has 2 N–H and O–H groups in total. The number of ether oxygens (including phenoxy) is 1. The highest BCUT2D eigenvalue weighted by atomic mass is 16.5. The smallest absolute Gasteiger partial charge is 0.263 e. The van der Waals surface area contributed by atoms with Crippen molar-refractivity contribution >= 4 is 11.7 Å². The zero-order valence-electron chi connectivity index (χ0n) is 12.9. The molecular weight excluding hydrogens is 266 g/mol. The average Bonchev–Trinajstić information content (AvgIpc) is 2.50. The molecule has 1 amide bonds. The highest BCUT2D eigenvalue weighted by Crippen LogP contribution is 2.25. The Kier molecular flexibility index (Phi) is 5.99. The van der Waals surface area contributed by atoms with Crippen molar-refractivity contribution in [3.8, 4) is 5.75 Å². The van der Waals surface area contributed by atoms with Crippen LogP contribution in [0.1, 0.15) is 45.2 Å². The summed E-state index contributed by atoms with van der Waals surface area (Å²) in [6.45, 7) is 6.27. The lowest BCUT2D eigenvalue weighted by molar-refractivity contribution is -0.118. The molecule has 1 unspecified atom stereocenters. The van der Waals surface area contributed by atoms with Crippen LogP contribution < -0.4 is 15.4 Å². The van der Waals surface area contributed by atoms with Gasteiger partial charge in [0.05, 0.1) is 5.69 Å². The molecule has 0 saturated carbocycles. The van der Waals surface area contributed by atoms with E-state index >= 15 is 0 Å². The number of rotatable bonds is 8. The van der Waals surface area contributed by atoms with Gasteiger partial charge in [0.15, 0.2) is 18.2 Å². The van der Waals surface area contributed by atoms with Gasteiger partial charge in [-0.3, -0.25) is 4.79 Å². The fraction of sp³-hybridized carbons (Fsp3) is 0.625. The molecule has 1 aliphatic heterocycles. The largest absolute Gasteiger partial charge is 0.480 e. The van der Waals surface area contributed by atoms with Gasteiger partial charge in [-0.1, -0.05) is 33.1 Å². The van der Waals surface area contributed by atoms with E-state index in [1.807, 2.05) is 12.1 Å². The Morgan fingerprint density at radius 2 is 2.29 bits per heavy atom. The number of nitrogens with zero attached hydrogens (tertiary/aromatic N) is 1. The van der Waals surface area contributed by atoms with E-state index in [0.717, 1.165) is 18.2 Å². The number of aromatic nitrogens is 1. The minimum atomic E-state index is -0.147. The maximum atomic E-state index is 11.3. The molecule has 2 rings (SSSR count). The van der Waals surface area contributed by atoms with E-state index in [-0.39, 0.29) is 12.5 Å². The van der Waals surface area contributed by atoms with Crippen LogP contribution >= 0.6 is 0 Å². The first kappa shape index (κ1) is 15.8. The Bertz CT molecular complexity index is 477. The second-order valence-corrected chi connectivity index (χ2v) is 5.53. The Morgan fingerprint density at radius 1 is 1.43 bits per heavy atom.